The standard InChI is InChI=1S/C73H110N14O15S/c1-13-47(6)63(55(100-11)43-59(91)86-36-21-25-54(86)64(101-12)48(7)66(93)80-53(70-75-34-41-103-70)42-49-22-16-14-17-23-49)83(9)60(92)44-77-69(96)62(46(4)5)84(10)73(99)102-65(71(97)85-39-37-82(8)38-40-85)50-27-29-51(30-28-50)78-67(94)52(24-20-33-76-72(74)98)79-68(95)61(45(2)3)81-56(88)26-18-15-19-35-87-57(89)31-32-58(87)90/h14,16-17,22-23,27-30,34,41,45-48,52-55,61-65H,13,15,18-21,24-26,31-33,35-40,42-44H2,1-12H3,(H,77,96)(H,78,94)(H,79,95)(H,80,93)(H,81,88)(H3,74,76,98)/t47-,48+,52-,53-,54-,55+,61-,62-,63-,64+,65?/m0/s1. The number of carbonyl (C=O) groups is 12. The number of nitrogens with two attached hydrogens (primary N) is 1. The van der Waals surface area contributed by atoms with E-state index in [1.165, 1.54) is 59.6 Å². The number of likely N-dealkylation sites (N-methyl/N-ethyl adjacent to an activating group) is 3. The van der Waals surface area contributed by atoms with E-state index in [-0.39, 0.29) is 98.5 Å². The monoisotopic (exact) mass is 1450 g/mol. The molecule has 3 aliphatic heterocycles. The number of methoxy groups -OCH3 is 2. The summed E-state index contributed by atoms with van der Waals surface area (Å²) in [5.74, 6) is -6.03. The predicted octanol–water partition coefficient (Wildman–Crippen LogP) is 4.91. The van der Waals surface area contributed by atoms with Crippen LogP contribution in [0.2, 0.25) is 0 Å². The van der Waals surface area contributed by atoms with E-state index in [1.54, 1.807) is 64.8 Å². The fourth-order valence-electron chi connectivity index (χ4n) is 13.6. The normalized spacial score (nSPS) is 17.8. The van der Waals surface area contributed by atoms with Gasteiger partial charge in [0.2, 0.25) is 59.3 Å². The lowest BCUT2D eigenvalue weighted by molar-refractivity contribution is -0.146. The van der Waals surface area contributed by atoms with Crippen molar-refractivity contribution in [1.82, 2.24) is 61.0 Å². The lowest BCUT2D eigenvalue weighted by Gasteiger charge is -2.39. The summed E-state index contributed by atoms with van der Waals surface area (Å²) in [6.07, 6.45) is 2.33. The van der Waals surface area contributed by atoms with E-state index in [4.69, 9.17) is 19.9 Å². The van der Waals surface area contributed by atoms with Crippen molar-refractivity contribution in [3.63, 3.8) is 0 Å². The zero-order chi connectivity index (χ0) is 75.6. The van der Waals surface area contributed by atoms with Gasteiger partial charge >= 0.3 is 12.1 Å². The van der Waals surface area contributed by atoms with Crippen LogP contribution in [0.5, 0.6) is 0 Å². The Morgan fingerprint density at radius 1 is 0.748 bits per heavy atom. The fourth-order valence-corrected chi connectivity index (χ4v) is 14.2. The lowest BCUT2D eigenvalue weighted by Crippen LogP contribution is -2.56. The fraction of sp³-hybridized carbons (Fsp3) is 0.630. The molecule has 3 aliphatic rings. The largest absolute Gasteiger partial charge is 0.431 e. The summed E-state index contributed by atoms with van der Waals surface area (Å²) in [6, 6.07) is 10.2. The molecule has 1 aromatic heterocycles. The molecule has 0 saturated carbocycles. The number of ether oxygens (including phenoxy) is 3. The third-order valence-corrected chi connectivity index (χ3v) is 20.6. The van der Waals surface area contributed by atoms with Crippen molar-refractivity contribution >= 4 is 88.2 Å². The molecule has 568 valence electrons. The second-order valence-corrected chi connectivity index (χ2v) is 28.7. The molecule has 3 fully saturated rings. The van der Waals surface area contributed by atoms with E-state index in [1.807, 2.05) is 56.6 Å². The van der Waals surface area contributed by atoms with Crippen LogP contribution in [-0.4, -0.2) is 236 Å². The second kappa shape index (κ2) is 41.0. The number of primary amides is 1. The minimum atomic E-state index is -1.53. The van der Waals surface area contributed by atoms with Crippen molar-refractivity contribution in [3.05, 3.63) is 82.3 Å². The van der Waals surface area contributed by atoms with Crippen molar-refractivity contribution in [2.75, 3.05) is 93.0 Å². The Balaban J connectivity index is 1.09. The van der Waals surface area contributed by atoms with Crippen LogP contribution >= 0.6 is 11.3 Å². The van der Waals surface area contributed by atoms with E-state index in [0.717, 1.165) is 15.5 Å². The summed E-state index contributed by atoms with van der Waals surface area (Å²) in [4.78, 5) is 177. The Kier molecular flexibility index (Phi) is 33.2. The Bertz CT molecular complexity index is 3300. The predicted molar refractivity (Wildman–Crippen MR) is 387 cm³/mol. The van der Waals surface area contributed by atoms with Gasteiger partial charge in [0.15, 0.2) is 0 Å². The first-order valence-electron chi connectivity index (χ1n) is 36.0. The number of anilines is 1. The van der Waals surface area contributed by atoms with Gasteiger partial charge in [0, 0.05) is 116 Å². The highest BCUT2D eigenvalue weighted by atomic mass is 32.1. The van der Waals surface area contributed by atoms with Crippen LogP contribution in [0.1, 0.15) is 154 Å². The number of nitrogens with one attached hydrogen (secondary N) is 6. The van der Waals surface area contributed by atoms with Gasteiger partial charge in [-0.25, -0.2) is 14.6 Å². The quantitative estimate of drug-likeness (QED) is 0.0295. The van der Waals surface area contributed by atoms with Gasteiger partial charge in [-0.1, -0.05) is 104 Å². The summed E-state index contributed by atoms with van der Waals surface area (Å²) < 4.78 is 18.2. The minimum Gasteiger partial charge on any atom is -0.431 e. The van der Waals surface area contributed by atoms with Crippen LogP contribution in [0.15, 0.2) is 66.2 Å². The number of piperazine rings is 1. The van der Waals surface area contributed by atoms with Crippen molar-refractivity contribution in [1.29, 1.82) is 0 Å². The highest BCUT2D eigenvalue weighted by Crippen LogP contribution is 2.32. The average Bonchev–Trinajstić information content (AvgIpc) is 1.77. The van der Waals surface area contributed by atoms with Gasteiger partial charge in [-0.2, -0.15) is 0 Å². The number of likely N-dealkylation sites (tertiary alicyclic amines) is 2. The van der Waals surface area contributed by atoms with E-state index in [9.17, 15) is 57.5 Å². The topological polar surface area (TPSA) is 363 Å². The number of nitrogens with zero attached hydrogens (tertiary/aromatic N) is 7. The lowest BCUT2D eigenvalue weighted by atomic mass is 9.90. The van der Waals surface area contributed by atoms with E-state index >= 15 is 0 Å². The third kappa shape index (κ3) is 24.2. The van der Waals surface area contributed by atoms with Crippen LogP contribution in [0.4, 0.5) is 15.3 Å². The van der Waals surface area contributed by atoms with Gasteiger partial charge in [0.1, 0.15) is 23.1 Å². The van der Waals surface area contributed by atoms with Gasteiger partial charge in [-0.15, -0.1) is 11.3 Å². The Hall–Kier alpha value is -8.61. The number of benzene rings is 2. The number of urea groups is 1. The molecule has 0 aliphatic carbocycles. The van der Waals surface area contributed by atoms with Gasteiger partial charge in [-0.05, 0) is 87.4 Å². The summed E-state index contributed by atoms with van der Waals surface area (Å²) in [5.41, 5.74) is 6.80. The Morgan fingerprint density at radius 2 is 1.43 bits per heavy atom. The SMILES string of the molecule is CC[C@H](C)[C@@H]([C@@H](CC(=O)N1CCC[C@H]1[C@H](OC)[C@@H](C)C(=O)N[C@@H](Cc1ccccc1)c1nccs1)OC)N(C)C(=O)CNC(=O)[C@H](C(C)C)N(C)C(=O)OC(C(=O)N1CCN(C)CC1)c1ccc(NC(=O)[C@H](CCCNC(N)=O)NC(=O)[C@@H](NC(=O)CCCCCN2C(=O)CCC2=O)C(C)C)cc1. The Labute approximate surface area is 609 Å². The van der Waals surface area contributed by atoms with Crippen molar-refractivity contribution < 1.29 is 71.7 Å². The molecule has 29 nitrogen and oxygen atoms in total. The summed E-state index contributed by atoms with van der Waals surface area (Å²) in [6.45, 7) is 14.7. The zero-order valence-corrected chi connectivity index (χ0v) is 62.8. The first-order chi connectivity index (χ1) is 49.1. The average molecular weight is 1460 g/mol. The molecule has 1 unspecified atom stereocenters. The highest BCUT2D eigenvalue weighted by molar-refractivity contribution is 7.09. The molecule has 6 rings (SSSR count). The number of hydrogen-bond donors (Lipinski definition) is 7. The van der Waals surface area contributed by atoms with Gasteiger partial charge in [0.05, 0.1) is 49.2 Å². The third-order valence-electron chi connectivity index (χ3n) is 19.7. The first-order valence-corrected chi connectivity index (χ1v) is 36.9. The van der Waals surface area contributed by atoms with Crippen molar-refractivity contribution in [2.24, 2.45) is 29.4 Å². The minimum absolute atomic E-state index is 0.0384. The maximum atomic E-state index is 14.6. The van der Waals surface area contributed by atoms with Gasteiger partial charge < -0.3 is 71.4 Å². The number of unbranched alkanes of at least 4 members (excludes halogenated alkanes) is 2. The van der Waals surface area contributed by atoms with Crippen LogP contribution in [-0.2, 0) is 68.6 Å². The molecule has 30 heteroatoms. The molecule has 2 aromatic carbocycles. The molecular formula is C73H110N14O15S. The molecule has 103 heavy (non-hydrogen) atoms. The number of carbonyl (C=O) groups excluding carboxylic acids is 12. The number of amides is 13. The van der Waals surface area contributed by atoms with E-state index in [0.29, 0.717) is 77.7 Å². The molecule has 0 spiro atoms. The Morgan fingerprint density at radius 3 is 2.03 bits per heavy atom. The number of aromatic nitrogens is 1. The maximum Gasteiger partial charge on any atom is 0.411 e. The molecule has 3 saturated heterocycles. The van der Waals surface area contributed by atoms with Crippen LogP contribution in [0, 0.1) is 23.7 Å². The van der Waals surface area contributed by atoms with Crippen LogP contribution in [0.3, 0.4) is 0 Å². The van der Waals surface area contributed by atoms with Gasteiger partial charge in [-0.3, -0.25) is 57.7 Å². The molecule has 0 radical (unpaired) electrons. The number of rotatable bonds is 39. The molecular weight excluding hydrogens is 1340 g/mol. The van der Waals surface area contributed by atoms with Gasteiger partial charge in [0.25, 0.3) is 5.91 Å². The first kappa shape index (κ1) is 83.3. The maximum absolute atomic E-state index is 14.6. The van der Waals surface area contributed by atoms with E-state index in [2.05, 4.69) is 41.8 Å². The molecule has 13 amide bonds. The number of hydrogen-bond acceptors (Lipinski definition) is 18. The highest BCUT2D eigenvalue weighted by Gasteiger charge is 2.44. The number of imide groups is 1. The van der Waals surface area contributed by atoms with Crippen LogP contribution < -0.4 is 37.6 Å². The summed E-state index contributed by atoms with van der Waals surface area (Å²) in [7, 11) is 7.92. The molecule has 8 N–H and O–H groups in total. The molecule has 11 atom stereocenters. The van der Waals surface area contributed by atoms with Crippen molar-refractivity contribution in [2.45, 2.75) is 186 Å². The van der Waals surface area contributed by atoms with Crippen molar-refractivity contribution in [3.8, 4) is 0 Å². The zero-order valence-electron chi connectivity index (χ0n) is 61.9. The number of thiazole rings is 1. The second-order valence-electron chi connectivity index (χ2n) is 27.8. The molecule has 3 aromatic rings. The molecule has 4 heterocycles. The summed E-state index contributed by atoms with van der Waals surface area (Å²) >= 11 is 1.46. The van der Waals surface area contributed by atoms with E-state index < -0.39 is 120 Å². The smallest absolute Gasteiger partial charge is 0.411 e. The summed E-state index contributed by atoms with van der Waals surface area (Å²) in [5, 5.41) is 19.4. The molecule has 0 bridgehead atoms. The van der Waals surface area contributed by atoms with Crippen LogP contribution in [0.25, 0.3) is 0 Å².